The van der Waals surface area contributed by atoms with Gasteiger partial charge in [-0.25, -0.2) is 0 Å². The first-order valence-corrected chi connectivity index (χ1v) is 8.00. The molecule has 0 unspecified atom stereocenters. The van der Waals surface area contributed by atoms with Crippen LogP contribution in [0.1, 0.15) is 5.56 Å². The molecule has 23 heavy (non-hydrogen) atoms. The summed E-state index contributed by atoms with van der Waals surface area (Å²) >= 11 is 6.03. The molecule has 1 aliphatic heterocycles. The van der Waals surface area contributed by atoms with Gasteiger partial charge in [-0.1, -0.05) is 41.9 Å². The molecule has 0 aromatic heterocycles. The molecular formula is C18H20ClN3O. The van der Waals surface area contributed by atoms with Gasteiger partial charge in [0, 0.05) is 29.9 Å². The van der Waals surface area contributed by atoms with Crippen molar-refractivity contribution in [2.75, 3.05) is 38.5 Å². The van der Waals surface area contributed by atoms with Crippen LogP contribution in [0.2, 0.25) is 5.02 Å². The summed E-state index contributed by atoms with van der Waals surface area (Å²) in [5.41, 5.74) is 2.20. The zero-order chi connectivity index (χ0) is 16.1. The van der Waals surface area contributed by atoms with Crippen LogP contribution in [0, 0.1) is 0 Å². The lowest BCUT2D eigenvalue weighted by molar-refractivity contribution is 0.149. The number of halogens is 1. The van der Waals surface area contributed by atoms with Crippen molar-refractivity contribution >= 4 is 23.1 Å². The molecule has 0 N–H and O–H groups in total. The van der Waals surface area contributed by atoms with Crippen LogP contribution in [0.5, 0.6) is 0 Å². The quantitative estimate of drug-likeness (QED) is 0.840. The predicted octanol–water partition coefficient (Wildman–Crippen LogP) is 3.47. The van der Waals surface area contributed by atoms with E-state index in [9.17, 15) is 0 Å². The van der Waals surface area contributed by atoms with Gasteiger partial charge in [-0.3, -0.25) is 9.89 Å². The fourth-order valence-corrected chi connectivity index (χ4v) is 2.71. The first kappa shape index (κ1) is 16.0. The van der Waals surface area contributed by atoms with E-state index in [2.05, 4.69) is 21.9 Å². The maximum atomic E-state index is 6.03. The summed E-state index contributed by atoms with van der Waals surface area (Å²) in [7, 11) is 1.72. The van der Waals surface area contributed by atoms with Gasteiger partial charge in [-0.2, -0.15) is 0 Å². The van der Waals surface area contributed by atoms with Crippen LogP contribution in [-0.2, 0) is 4.74 Å². The molecular weight excluding hydrogens is 310 g/mol. The van der Waals surface area contributed by atoms with Gasteiger partial charge in [0.05, 0.1) is 19.9 Å². The van der Waals surface area contributed by atoms with E-state index in [-0.39, 0.29) is 0 Å². The van der Waals surface area contributed by atoms with Crippen molar-refractivity contribution in [3.8, 4) is 0 Å². The fraction of sp³-hybridized carbons (Fsp3) is 0.278. The van der Waals surface area contributed by atoms with Crippen molar-refractivity contribution < 1.29 is 4.74 Å². The molecule has 0 spiro atoms. The van der Waals surface area contributed by atoms with Crippen molar-refractivity contribution in [3.05, 3.63) is 65.2 Å². The highest BCUT2D eigenvalue weighted by Gasteiger charge is 2.22. The van der Waals surface area contributed by atoms with Crippen molar-refractivity contribution in [2.45, 2.75) is 0 Å². The highest BCUT2D eigenvalue weighted by Crippen LogP contribution is 2.23. The minimum absolute atomic E-state index is 0.678. The minimum Gasteiger partial charge on any atom is -0.383 e. The molecule has 0 saturated carbocycles. The van der Waals surface area contributed by atoms with E-state index < -0.39 is 0 Å². The molecule has 0 aliphatic carbocycles. The van der Waals surface area contributed by atoms with E-state index in [1.807, 2.05) is 42.5 Å². The van der Waals surface area contributed by atoms with Crippen LogP contribution < -0.4 is 4.90 Å². The van der Waals surface area contributed by atoms with E-state index in [1.54, 1.807) is 7.11 Å². The number of benzene rings is 2. The fourth-order valence-electron chi connectivity index (χ4n) is 2.59. The number of hydrogen-bond donors (Lipinski definition) is 0. The Balaban J connectivity index is 1.91. The number of anilines is 1. The number of methoxy groups -OCH3 is 1. The van der Waals surface area contributed by atoms with Gasteiger partial charge < -0.3 is 9.64 Å². The van der Waals surface area contributed by atoms with E-state index in [0.717, 1.165) is 35.3 Å². The molecule has 5 heteroatoms. The third-order valence-electron chi connectivity index (χ3n) is 3.80. The van der Waals surface area contributed by atoms with Gasteiger partial charge in [0.25, 0.3) is 0 Å². The first-order valence-electron chi connectivity index (χ1n) is 7.62. The number of rotatable bonds is 5. The topological polar surface area (TPSA) is 28.1 Å². The standard InChI is InChI=1S/C18H20ClN3O/c1-23-12-11-21-13-20-18(15-5-3-2-4-6-15)22(14-21)17-9-7-16(19)8-10-17/h2-10H,11-14H2,1H3. The molecule has 0 radical (unpaired) electrons. The third kappa shape index (κ3) is 3.91. The average Bonchev–Trinajstić information content (AvgIpc) is 2.61. The summed E-state index contributed by atoms with van der Waals surface area (Å²) in [6, 6.07) is 18.1. The largest absolute Gasteiger partial charge is 0.383 e. The maximum Gasteiger partial charge on any atom is 0.137 e. The Kier molecular flexibility index (Phi) is 5.28. The summed E-state index contributed by atoms with van der Waals surface area (Å²) < 4.78 is 5.19. The van der Waals surface area contributed by atoms with Crippen molar-refractivity contribution in [1.82, 2.24) is 4.90 Å². The monoisotopic (exact) mass is 329 g/mol. The normalized spacial score (nSPS) is 15.6. The van der Waals surface area contributed by atoms with E-state index >= 15 is 0 Å². The third-order valence-corrected chi connectivity index (χ3v) is 4.05. The predicted molar refractivity (Wildman–Crippen MR) is 95.2 cm³/mol. The Morgan fingerprint density at radius 3 is 2.52 bits per heavy atom. The zero-order valence-corrected chi connectivity index (χ0v) is 13.9. The number of ether oxygens (including phenoxy) is 1. The summed E-state index contributed by atoms with van der Waals surface area (Å²) in [5.74, 6) is 0.988. The van der Waals surface area contributed by atoms with E-state index in [1.165, 1.54) is 0 Å². The molecule has 1 aliphatic rings. The lowest BCUT2D eigenvalue weighted by Crippen LogP contribution is -2.47. The maximum absolute atomic E-state index is 6.03. The SMILES string of the molecule is COCCN1CN=C(c2ccccc2)N(c2ccc(Cl)cc2)C1. The highest BCUT2D eigenvalue weighted by molar-refractivity contribution is 6.30. The van der Waals surface area contributed by atoms with Crippen molar-refractivity contribution in [1.29, 1.82) is 0 Å². The van der Waals surface area contributed by atoms with Crippen LogP contribution in [0.15, 0.2) is 59.6 Å². The molecule has 0 bridgehead atoms. The Bertz CT molecular complexity index is 658. The summed E-state index contributed by atoms with van der Waals surface area (Å²) in [5, 5.41) is 0.736. The van der Waals surface area contributed by atoms with Gasteiger partial charge in [-0.15, -0.1) is 0 Å². The van der Waals surface area contributed by atoms with Crippen molar-refractivity contribution in [2.24, 2.45) is 4.99 Å². The Hall–Kier alpha value is -1.88. The molecule has 0 atom stereocenters. The van der Waals surface area contributed by atoms with Crippen LogP contribution in [0.25, 0.3) is 0 Å². The molecule has 0 saturated heterocycles. The lowest BCUT2D eigenvalue weighted by Gasteiger charge is -2.36. The van der Waals surface area contributed by atoms with Crippen LogP contribution in [0.4, 0.5) is 5.69 Å². The van der Waals surface area contributed by atoms with Crippen LogP contribution in [0.3, 0.4) is 0 Å². The van der Waals surface area contributed by atoms with E-state index in [4.69, 9.17) is 21.3 Å². The van der Waals surface area contributed by atoms with E-state index in [0.29, 0.717) is 13.3 Å². The molecule has 2 aromatic carbocycles. The van der Waals surface area contributed by atoms with Crippen molar-refractivity contribution in [3.63, 3.8) is 0 Å². The number of aliphatic imine (C=N–C) groups is 1. The first-order chi connectivity index (χ1) is 11.3. The summed E-state index contributed by atoms with van der Waals surface area (Å²) in [6.45, 7) is 3.01. The average molecular weight is 330 g/mol. The summed E-state index contributed by atoms with van der Waals surface area (Å²) in [4.78, 5) is 9.26. The number of amidine groups is 1. The molecule has 4 nitrogen and oxygen atoms in total. The molecule has 0 amide bonds. The highest BCUT2D eigenvalue weighted by atomic mass is 35.5. The minimum atomic E-state index is 0.678. The van der Waals surface area contributed by atoms with Gasteiger partial charge >= 0.3 is 0 Å². The van der Waals surface area contributed by atoms with Gasteiger partial charge in [0.15, 0.2) is 0 Å². The number of hydrogen-bond acceptors (Lipinski definition) is 4. The smallest absolute Gasteiger partial charge is 0.137 e. The molecule has 2 aromatic rings. The Morgan fingerprint density at radius 1 is 1.09 bits per heavy atom. The molecule has 3 rings (SSSR count). The van der Waals surface area contributed by atoms with Crippen LogP contribution >= 0.6 is 11.6 Å². The number of nitrogens with zero attached hydrogens (tertiary/aromatic N) is 3. The second-order valence-corrected chi connectivity index (χ2v) is 5.86. The molecule has 120 valence electrons. The second kappa shape index (κ2) is 7.59. The summed E-state index contributed by atoms with van der Waals surface area (Å²) in [6.07, 6.45) is 0. The molecule has 0 fully saturated rings. The van der Waals surface area contributed by atoms with Crippen LogP contribution in [-0.4, -0.2) is 44.3 Å². The molecule has 1 heterocycles. The second-order valence-electron chi connectivity index (χ2n) is 5.42. The zero-order valence-electron chi connectivity index (χ0n) is 13.2. The van der Waals surface area contributed by atoms with Gasteiger partial charge in [0.1, 0.15) is 5.84 Å². The lowest BCUT2D eigenvalue weighted by atomic mass is 10.1. The van der Waals surface area contributed by atoms with Gasteiger partial charge in [0.2, 0.25) is 0 Å². The van der Waals surface area contributed by atoms with Gasteiger partial charge in [-0.05, 0) is 24.3 Å². The Morgan fingerprint density at radius 2 is 1.83 bits per heavy atom. The Labute approximate surface area is 142 Å².